The van der Waals surface area contributed by atoms with Gasteiger partial charge in [-0.05, 0) is 86.7 Å². The molecule has 2 saturated heterocycles. The van der Waals surface area contributed by atoms with E-state index in [2.05, 4.69) is 58.4 Å². The van der Waals surface area contributed by atoms with E-state index in [9.17, 15) is 0 Å². The molecule has 0 saturated carbocycles. The summed E-state index contributed by atoms with van der Waals surface area (Å²) in [4.78, 5) is 5.10. The fourth-order valence-electron chi connectivity index (χ4n) is 4.65. The maximum absolute atomic E-state index is 6.28. The van der Waals surface area contributed by atoms with Crippen molar-refractivity contribution in [2.75, 3.05) is 33.4 Å². The Bertz CT molecular complexity index is 401. The van der Waals surface area contributed by atoms with Gasteiger partial charge in [-0.2, -0.15) is 0 Å². The fourth-order valence-corrected chi connectivity index (χ4v) is 4.65. The van der Waals surface area contributed by atoms with Gasteiger partial charge in [-0.15, -0.1) is 0 Å². The molecule has 0 bridgehead atoms. The maximum atomic E-state index is 6.28. The number of ether oxygens (including phenoxy) is 2. The molecule has 0 aromatic carbocycles. The van der Waals surface area contributed by atoms with E-state index in [1.807, 2.05) is 0 Å². The highest BCUT2D eigenvalue weighted by Gasteiger charge is 2.40. The minimum atomic E-state index is 0.175. The molecule has 2 fully saturated rings. The lowest BCUT2D eigenvalue weighted by Gasteiger charge is -2.32. The summed E-state index contributed by atoms with van der Waals surface area (Å²) in [7, 11) is 2.24. The molecule has 0 N–H and O–H groups in total. The molecule has 0 aromatic rings. The third-order valence-electron chi connectivity index (χ3n) is 6.23. The molecule has 4 atom stereocenters. The van der Waals surface area contributed by atoms with Gasteiger partial charge in [0.25, 0.3) is 0 Å². The molecule has 2 aliphatic rings. The van der Waals surface area contributed by atoms with Gasteiger partial charge in [-0.25, -0.2) is 0 Å². The molecule has 148 valence electrons. The lowest BCUT2D eigenvalue weighted by atomic mass is 9.92. The van der Waals surface area contributed by atoms with Crippen LogP contribution < -0.4 is 0 Å². The van der Waals surface area contributed by atoms with Gasteiger partial charge in [0, 0.05) is 24.2 Å². The molecule has 2 rings (SSSR count). The Morgan fingerprint density at radius 1 is 1.12 bits per heavy atom. The predicted octanol–water partition coefficient (Wildman–Crippen LogP) is 3.79. The standard InChI is InChI=1S/C21H42N2O2/c1-16(2)23-10-8-9-20(23)14-24-18(5)11-19-12-21(6,22(7)13-19)15-25-17(3)4/h16-20H,8-15H2,1-7H3/t18?,19?,20-,21?/m0/s1. The lowest BCUT2D eigenvalue weighted by molar-refractivity contribution is 0.00201. The van der Waals surface area contributed by atoms with Crippen LogP contribution in [0.1, 0.15) is 67.2 Å². The van der Waals surface area contributed by atoms with Crippen molar-refractivity contribution >= 4 is 0 Å². The van der Waals surface area contributed by atoms with Crippen LogP contribution in [0.25, 0.3) is 0 Å². The third kappa shape index (κ3) is 5.92. The number of rotatable bonds is 9. The van der Waals surface area contributed by atoms with E-state index in [0.717, 1.165) is 26.2 Å². The Morgan fingerprint density at radius 2 is 1.84 bits per heavy atom. The zero-order valence-corrected chi connectivity index (χ0v) is 17.8. The Hall–Kier alpha value is -0.160. The molecule has 4 heteroatoms. The van der Waals surface area contributed by atoms with Gasteiger partial charge in [-0.3, -0.25) is 9.80 Å². The summed E-state index contributed by atoms with van der Waals surface area (Å²) in [6, 6.07) is 1.26. The van der Waals surface area contributed by atoms with Crippen molar-refractivity contribution in [3.8, 4) is 0 Å². The van der Waals surface area contributed by atoms with E-state index in [4.69, 9.17) is 9.47 Å². The number of likely N-dealkylation sites (N-methyl/N-ethyl adjacent to an activating group) is 1. The summed E-state index contributed by atoms with van der Waals surface area (Å²) >= 11 is 0. The number of nitrogens with zero attached hydrogens (tertiary/aromatic N) is 2. The van der Waals surface area contributed by atoms with E-state index in [1.165, 1.54) is 25.8 Å². The van der Waals surface area contributed by atoms with Crippen LogP contribution in [-0.4, -0.2) is 73.0 Å². The van der Waals surface area contributed by atoms with Gasteiger partial charge in [0.2, 0.25) is 0 Å². The SMILES string of the molecule is CC(C)OCC1(C)CC(CC(C)OC[C@@H]2CCCN2C(C)C)CN1C. The van der Waals surface area contributed by atoms with Crippen LogP contribution in [0.4, 0.5) is 0 Å². The highest BCUT2D eigenvalue weighted by Crippen LogP contribution is 2.35. The van der Waals surface area contributed by atoms with Gasteiger partial charge in [0.15, 0.2) is 0 Å². The summed E-state index contributed by atoms with van der Waals surface area (Å²) in [6.07, 6.45) is 5.65. The van der Waals surface area contributed by atoms with Crippen LogP contribution in [0, 0.1) is 5.92 Å². The molecule has 2 heterocycles. The maximum Gasteiger partial charge on any atom is 0.0651 e. The van der Waals surface area contributed by atoms with Gasteiger partial charge in [0.05, 0.1) is 25.4 Å². The van der Waals surface area contributed by atoms with E-state index >= 15 is 0 Å². The van der Waals surface area contributed by atoms with Crippen LogP contribution in [0.5, 0.6) is 0 Å². The highest BCUT2D eigenvalue weighted by molar-refractivity contribution is 4.95. The quantitative estimate of drug-likeness (QED) is 0.629. The molecular weight excluding hydrogens is 312 g/mol. The lowest BCUT2D eigenvalue weighted by Crippen LogP contribution is -2.43. The molecule has 3 unspecified atom stereocenters. The smallest absolute Gasteiger partial charge is 0.0651 e. The van der Waals surface area contributed by atoms with Crippen molar-refractivity contribution in [2.45, 2.75) is 97.1 Å². The van der Waals surface area contributed by atoms with Crippen LogP contribution in [0.2, 0.25) is 0 Å². The average molecular weight is 355 g/mol. The topological polar surface area (TPSA) is 24.9 Å². The monoisotopic (exact) mass is 354 g/mol. The van der Waals surface area contributed by atoms with Crippen molar-refractivity contribution in [2.24, 2.45) is 5.92 Å². The summed E-state index contributed by atoms with van der Waals surface area (Å²) in [6.45, 7) is 17.6. The summed E-state index contributed by atoms with van der Waals surface area (Å²) in [5.74, 6) is 0.713. The van der Waals surface area contributed by atoms with Crippen LogP contribution >= 0.6 is 0 Å². The van der Waals surface area contributed by atoms with E-state index < -0.39 is 0 Å². The molecule has 0 radical (unpaired) electrons. The first-order valence-corrected chi connectivity index (χ1v) is 10.4. The van der Waals surface area contributed by atoms with Gasteiger partial charge >= 0.3 is 0 Å². The first-order chi connectivity index (χ1) is 11.7. The summed E-state index contributed by atoms with van der Waals surface area (Å²) in [5, 5.41) is 0. The van der Waals surface area contributed by atoms with Crippen molar-refractivity contribution in [1.82, 2.24) is 9.80 Å². The summed E-state index contributed by atoms with van der Waals surface area (Å²) < 4.78 is 12.2. The molecule has 0 aliphatic carbocycles. The number of hydrogen-bond acceptors (Lipinski definition) is 4. The van der Waals surface area contributed by atoms with Crippen LogP contribution in [0.3, 0.4) is 0 Å². The second kappa shape index (κ2) is 9.16. The minimum Gasteiger partial charge on any atom is -0.377 e. The third-order valence-corrected chi connectivity index (χ3v) is 6.23. The molecule has 0 amide bonds. The molecule has 0 spiro atoms. The predicted molar refractivity (Wildman–Crippen MR) is 105 cm³/mol. The van der Waals surface area contributed by atoms with Crippen molar-refractivity contribution in [3.63, 3.8) is 0 Å². The molecular formula is C21H42N2O2. The first-order valence-electron chi connectivity index (χ1n) is 10.4. The Balaban J connectivity index is 1.74. The largest absolute Gasteiger partial charge is 0.377 e. The Kier molecular flexibility index (Phi) is 7.75. The number of likely N-dealkylation sites (tertiary alicyclic amines) is 2. The van der Waals surface area contributed by atoms with Crippen LogP contribution in [-0.2, 0) is 9.47 Å². The molecule has 0 aromatic heterocycles. The van der Waals surface area contributed by atoms with Crippen molar-refractivity contribution < 1.29 is 9.47 Å². The van der Waals surface area contributed by atoms with E-state index in [-0.39, 0.29) is 5.54 Å². The summed E-state index contributed by atoms with van der Waals surface area (Å²) in [5.41, 5.74) is 0.175. The van der Waals surface area contributed by atoms with E-state index in [0.29, 0.717) is 30.2 Å². The molecule has 2 aliphatic heterocycles. The molecule has 25 heavy (non-hydrogen) atoms. The zero-order chi connectivity index (χ0) is 18.6. The Labute approximate surface area is 156 Å². The fraction of sp³-hybridized carbons (Fsp3) is 1.00. The Morgan fingerprint density at radius 3 is 2.48 bits per heavy atom. The second-order valence-corrected chi connectivity index (χ2v) is 9.31. The normalized spacial score (nSPS) is 33.0. The van der Waals surface area contributed by atoms with Gasteiger partial charge < -0.3 is 9.47 Å². The molecule has 4 nitrogen and oxygen atoms in total. The highest BCUT2D eigenvalue weighted by atomic mass is 16.5. The van der Waals surface area contributed by atoms with Gasteiger partial charge in [0.1, 0.15) is 0 Å². The van der Waals surface area contributed by atoms with Gasteiger partial charge in [-0.1, -0.05) is 0 Å². The van der Waals surface area contributed by atoms with Crippen LogP contribution in [0.15, 0.2) is 0 Å². The minimum absolute atomic E-state index is 0.175. The second-order valence-electron chi connectivity index (χ2n) is 9.31. The first kappa shape index (κ1) is 21.1. The zero-order valence-electron chi connectivity index (χ0n) is 17.8. The van der Waals surface area contributed by atoms with E-state index in [1.54, 1.807) is 0 Å². The van der Waals surface area contributed by atoms with Crippen molar-refractivity contribution in [1.29, 1.82) is 0 Å². The van der Waals surface area contributed by atoms with Crippen molar-refractivity contribution in [3.05, 3.63) is 0 Å². The number of hydrogen-bond donors (Lipinski definition) is 0. The average Bonchev–Trinajstić information content (AvgIpc) is 3.09.